The third-order valence-corrected chi connectivity index (χ3v) is 10.9. The number of ether oxygens (including phenoxy) is 2. The number of Topliss-reactive ketones (excluding diaryl/α,β-unsaturated/α-hetero) is 1. The van der Waals surface area contributed by atoms with E-state index in [0.29, 0.717) is 6.42 Å². The average Bonchev–Trinajstić information content (AvgIpc) is 2.70. The Morgan fingerprint density at radius 3 is 2.23 bits per heavy atom. The molecule has 1 saturated heterocycles. The molecular formula is C27H44O7Si. The standard InChI is InChI=1S/C27H44O7Si/c1-14-11-19-26(30,13-32-19)21-23(33-17(4)28)27(31)12-18(34-35(8,9)10)15(2)20(24(27,5)6)16(3)22(29)25(14,21)7/h14,16,18-19,21,23,30-31H,11-13H2,1-10H3/t14-,16+,18?,19?,21?,23?,25+,26?,27?/m0/s1. The monoisotopic (exact) mass is 508 g/mol. The first-order valence-electron chi connectivity index (χ1n) is 13.0. The van der Waals surface area contributed by atoms with Crippen molar-refractivity contribution in [3.63, 3.8) is 0 Å². The maximum Gasteiger partial charge on any atom is 0.303 e. The molecule has 35 heavy (non-hydrogen) atoms. The van der Waals surface area contributed by atoms with Crippen LogP contribution in [0.1, 0.15) is 61.3 Å². The van der Waals surface area contributed by atoms with Gasteiger partial charge in [0.05, 0.1) is 18.8 Å². The van der Waals surface area contributed by atoms with Gasteiger partial charge in [-0.2, -0.15) is 0 Å². The van der Waals surface area contributed by atoms with Gasteiger partial charge < -0.3 is 24.1 Å². The topological polar surface area (TPSA) is 102 Å². The van der Waals surface area contributed by atoms with Crippen molar-refractivity contribution in [3.05, 3.63) is 11.1 Å². The molecule has 2 bridgehead atoms. The molecule has 198 valence electrons. The Bertz CT molecular complexity index is 967. The van der Waals surface area contributed by atoms with Gasteiger partial charge in [-0.05, 0) is 50.0 Å². The summed E-state index contributed by atoms with van der Waals surface area (Å²) < 4.78 is 18.4. The molecule has 7 nitrogen and oxygen atoms in total. The van der Waals surface area contributed by atoms with Crippen molar-refractivity contribution in [2.45, 2.75) is 110 Å². The second-order valence-electron chi connectivity index (χ2n) is 13.4. The number of fused-ring (bicyclic) bond motifs is 5. The van der Waals surface area contributed by atoms with E-state index in [4.69, 9.17) is 13.9 Å². The summed E-state index contributed by atoms with van der Waals surface area (Å²) in [5.74, 6) is -1.96. The Balaban J connectivity index is 2.04. The van der Waals surface area contributed by atoms with Gasteiger partial charge in [0.15, 0.2) is 8.32 Å². The fourth-order valence-corrected chi connectivity index (χ4v) is 9.13. The first-order chi connectivity index (χ1) is 15.8. The lowest BCUT2D eigenvalue weighted by molar-refractivity contribution is -0.338. The van der Waals surface area contributed by atoms with Crippen molar-refractivity contribution in [1.29, 1.82) is 0 Å². The first kappa shape index (κ1) is 27.0. The molecule has 2 saturated carbocycles. The zero-order valence-corrected chi connectivity index (χ0v) is 24.0. The molecule has 9 atom stereocenters. The quantitative estimate of drug-likeness (QED) is 0.341. The van der Waals surface area contributed by atoms with Crippen molar-refractivity contribution >= 4 is 20.1 Å². The summed E-state index contributed by atoms with van der Waals surface area (Å²) in [6, 6.07) is 0. The van der Waals surface area contributed by atoms with Gasteiger partial charge >= 0.3 is 5.97 Å². The molecule has 6 unspecified atom stereocenters. The van der Waals surface area contributed by atoms with Crippen molar-refractivity contribution in [2.75, 3.05) is 6.61 Å². The van der Waals surface area contributed by atoms with Crippen LogP contribution in [-0.4, -0.2) is 66.4 Å². The van der Waals surface area contributed by atoms with Crippen molar-refractivity contribution in [2.24, 2.45) is 28.6 Å². The number of ketones is 1. The third-order valence-electron chi connectivity index (χ3n) is 9.93. The fraction of sp³-hybridized carbons (Fsp3) is 0.852. The third kappa shape index (κ3) is 3.57. The minimum absolute atomic E-state index is 0.0176. The molecule has 0 aromatic carbocycles. The highest BCUT2D eigenvalue weighted by atomic mass is 28.4. The molecule has 0 radical (unpaired) electrons. The van der Waals surface area contributed by atoms with E-state index in [-0.39, 0.29) is 24.7 Å². The first-order valence-corrected chi connectivity index (χ1v) is 16.4. The zero-order chi connectivity index (χ0) is 26.5. The van der Waals surface area contributed by atoms with Gasteiger partial charge in [-0.25, -0.2) is 0 Å². The lowest BCUT2D eigenvalue weighted by atomic mass is 9.42. The molecule has 0 spiro atoms. The van der Waals surface area contributed by atoms with Crippen molar-refractivity contribution in [3.8, 4) is 0 Å². The van der Waals surface area contributed by atoms with Crippen LogP contribution in [0.5, 0.6) is 0 Å². The van der Waals surface area contributed by atoms with Gasteiger partial charge in [-0.15, -0.1) is 0 Å². The molecule has 4 aliphatic rings. The van der Waals surface area contributed by atoms with Crippen LogP contribution in [0, 0.1) is 28.6 Å². The molecule has 0 aromatic rings. The summed E-state index contributed by atoms with van der Waals surface area (Å²) >= 11 is 0. The summed E-state index contributed by atoms with van der Waals surface area (Å²) in [6.07, 6.45) is -1.21. The largest absolute Gasteiger partial charge is 0.459 e. The number of rotatable bonds is 3. The summed E-state index contributed by atoms with van der Waals surface area (Å²) in [6.45, 7) is 19.4. The minimum Gasteiger partial charge on any atom is -0.459 e. The lowest BCUT2D eigenvalue weighted by Gasteiger charge is -2.67. The lowest BCUT2D eigenvalue weighted by Crippen LogP contribution is -2.79. The molecule has 3 fully saturated rings. The van der Waals surface area contributed by atoms with E-state index in [1.54, 1.807) is 0 Å². The fourth-order valence-electron chi connectivity index (χ4n) is 8.02. The maximum absolute atomic E-state index is 14.5. The van der Waals surface area contributed by atoms with E-state index >= 15 is 0 Å². The van der Waals surface area contributed by atoms with E-state index in [1.807, 2.05) is 41.5 Å². The number of aliphatic hydroxyl groups is 2. The number of carbonyl (C=O) groups excluding carboxylic acids is 2. The molecule has 0 aromatic heterocycles. The second kappa shape index (κ2) is 7.97. The zero-order valence-electron chi connectivity index (χ0n) is 23.0. The SMILES string of the molecule is CC(=O)OC1C2C3(O)COC3C[C@H](C)[C@@]2(C)C(=O)[C@H](C)C2=C(C)C(O[Si](C)(C)C)CC1(O)C2(C)C. The van der Waals surface area contributed by atoms with Crippen molar-refractivity contribution in [1.82, 2.24) is 0 Å². The molecule has 3 aliphatic carbocycles. The number of esters is 1. The van der Waals surface area contributed by atoms with E-state index in [9.17, 15) is 19.8 Å². The maximum atomic E-state index is 14.5. The van der Waals surface area contributed by atoms with Gasteiger partial charge in [-0.3, -0.25) is 9.59 Å². The van der Waals surface area contributed by atoms with Gasteiger partial charge in [0.25, 0.3) is 0 Å². The number of carbonyl (C=O) groups is 2. The summed E-state index contributed by atoms with van der Waals surface area (Å²) in [7, 11) is -2.03. The second-order valence-corrected chi connectivity index (χ2v) is 17.8. The molecule has 4 rings (SSSR count). The van der Waals surface area contributed by atoms with E-state index in [1.165, 1.54) is 6.92 Å². The van der Waals surface area contributed by atoms with Crippen LogP contribution in [0.25, 0.3) is 0 Å². The van der Waals surface area contributed by atoms with Crippen molar-refractivity contribution < 1.29 is 33.7 Å². The number of hydrogen-bond acceptors (Lipinski definition) is 7. The van der Waals surface area contributed by atoms with Gasteiger partial charge in [0, 0.05) is 36.0 Å². The van der Waals surface area contributed by atoms with E-state index < -0.39 is 66.5 Å². The molecule has 0 amide bonds. The summed E-state index contributed by atoms with van der Waals surface area (Å²) in [4.78, 5) is 27.1. The molecule has 1 heterocycles. The van der Waals surface area contributed by atoms with Crippen LogP contribution >= 0.6 is 0 Å². The predicted octanol–water partition coefficient (Wildman–Crippen LogP) is 3.63. The molecule has 8 heteroatoms. The summed E-state index contributed by atoms with van der Waals surface area (Å²) in [5, 5.41) is 24.8. The van der Waals surface area contributed by atoms with Crippen LogP contribution in [0.4, 0.5) is 0 Å². The Hall–Kier alpha value is -1.06. The minimum atomic E-state index is -2.03. The number of hydrogen-bond donors (Lipinski definition) is 2. The Morgan fingerprint density at radius 2 is 1.74 bits per heavy atom. The van der Waals surface area contributed by atoms with Crippen LogP contribution in [-0.2, 0) is 23.5 Å². The highest BCUT2D eigenvalue weighted by Gasteiger charge is 2.75. The summed E-state index contributed by atoms with van der Waals surface area (Å²) in [5.41, 5.74) is -3.00. The van der Waals surface area contributed by atoms with Crippen LogP contribution < -0.4 is 0 Å². The molecular weight excluding hydrogens is 464 g/mol. The van der Waals surface area contributed by atoms with E-state index in [2.05, 4.69) is 19.6 Å². The molecule has 1 aliphatic heterocycles. The normalized spacial score (nSPS) is 47.1. The van der Waals surface area contributed by atoms with Crippen LogP contribution in [0.15, 0.2) is 11.1 Å². The Kier molecular flexibility index (Phi) is 6.14. The van der Waals surface area contributed by atoms with Gasteiger partial charge in [0.1, 0.15) is 23.1 Å². The Morgan fingerprint density at radius 1 is 1.14 bits per heavy atom. The smallest absolute Gasteiger partial charge is 0.303 e. The van der Waals surface area contributed by atoms with Crippen LogP contribution in [0.2, 0.25) is 19.6 Å². The van der Waals surface area contributed by atoms with E-state index in [0.717, 1.165) is 11.1 Å². The highest BCUT2D eigenvalue weighted by Crippen LogP contribution is 2.65. The van der Waals surface area contributed by atoms with Crippen LogP contribution in [0.3, 0.4) is 0 Å². The Labute approximate surface area is 210 Å². The molecule has 2 N–H and O–H groups in total. The highest BCUT2D eigenvalue weighted by molar-refractivity contribution is 6.69. The van der Waals surface area contributed by atoms with Gasteiger partial charge in [0.2, 0.25) is 0 Å². The van der Waals surface area contributed by atoms with Gasteiger partial charge in [-0.1, -0.05) is 34.6 Å². The predicted molar refractivity (Wildman–Crippen MR) is 134 cm³/mol. The average molecular weight is 509 g/mol.